The Morgan fingerprint density at radius 3 is 2.60 bits per heavy atom. The molecule has 0 saturated heterocycles. The largest absolute Gasteiger partial charge is 0.436 e. The summed E-state index contributed by atoms with van der Waals surface area (Å²) >= 11 is 12.0. The molecule has 0 aliphatic carbocycles. The maximum atomic E-state index is 12.5. The van der Waals surface area contributed by atoms with Gasteiger partial charge in [-0.05, 0) is 49.4 Å². The van der Waals surface area contributed by atoms with Crippen molar-refractivity contribution in [3.8, 4) is 11.5 Å². The predicted octanol–water partition coefficient (Wildman–Crippen LogP) is 6.27. The van der Waals surface area contributed by atoms with Crippen molar-refractivity contribution >= 4 is 51.6 Å². The highest BCUT2D eigenvalue weighted by Gasteiger charge is 2.16. The summed E-state index contributed by atoms with van der Waals surface area (Å²) in [5.41, 5.74) is 2.76. The molecule has 0 aliphatic rings. The van der Waals surface area contributed by atoms with Gasteiger partial charge in [0.05, 0.1) is 15.0 Å². The summed E-state index contributed by atoms with van der Waals surface area (Å²) in [5, 5.41) is 14.6. The molecule has 0 aliphatic heterocycles. The molecule has 9 heteroatoms. The Morgan fingerprint density at radius 1 is 1.07 bits per heavy atom. The maximum Gasteiger partial charge on any atom is 0.273 e. The molecule has 0 unspecified atom stereocenters. The Labute approximate surface area is 180 Å². The van der Waals surface area contributed by atoms with E-state index in [-0.39, 0.29) is 11.3 Å². The second-order valence-electron chi connectivity index (χ2n) is 6.54. The van der Waals surface area contributed by atoms with Crippen LogP contribution in [0.15, 0.2) is 59.0 Å². The van der Waals surface area contributed by atoms with Gasteiger partial charge in [-0.2, -0.15) is 0 Å². The number of nitrogens with zero attached hydrogens (tertiary/aromatic N) is 2. The molecule has 150 valence electrons. The lowest BCUT2D eigenvalue weighted by Gasteiger charge is -2.06. The van der Waals surface area contributed by atoms with Crippen molar-refractivity contribution in [3.05, 3.63) is 85.9 Å². The van der Waals surface area contributed by atoms with Crippen LogP contribution in [0, 0.1) is 17.0 Å². The summed E-state index contributed by atoms with van der Waals surface area (Å²) in [6.45, 7) is 1.61. The van der Waals surface area contributed by atoms with Gasteiger partial charge in [0.25, 0.3) is 11.6 Å². The number of nitrogens with one attached hydrogen (secondary N) is 1. The van der Waals surface area contributed by atoms with Gasteiger partial charge in [-0.1, -0.05) is 29.3 Å². The molecule has 0 radical (unpaired) electrons. The van der Waals surface area contributed by atoms with E-state index >= 15 is 0 Å². The number of rotatable bonds is 4. The molecule has 3 aromatic carbocycles. The standard InChI is InChI=1S/C21H13Cl2N3O4/c1-11-2-3-12(9-18(11)26(28)29)20(27)24-14-5-7-19-17(10-14)25-21(30-19)13-4-6-15(22)16(23)8-13/h2-10H,1H3,(H,24,27). The maximum absolute atomic E-state index is 12.5. The first-order chi connectivity index (χ1) is 14.3. The molecule has 0 bridgehead atoms. The predicted molar refractivity (Wildman–Crippen MR) is 115 cm³/mol. The van der Waals surface area contributed by atoms with Crippen LogP contribution < -0.4 is 5.32 Å². The number of carbonyl (C=O) groups excluding carboxylic acids is 1. The van der Waals surface area contributed by atoms with Crippen LogP contribution in [-0.4, -0.2) is 15.8 Å². The van der Waals surface area contributed by atoms with Crippen molar-refractivity contribution in [2.45, 2.75) is 6.92 Å². The molecule has 0 saturated carbocycles. The van der Waals surface area contributed by atoms with E-state index in [0.717, 1.165) is 0 Å². The number of anilines is 1. The number of hydrogen-bond donors (Lipinski definition) is 1. The van der Waals surface area contributed by atoms with Gasteiger partial charge in [-0.25, -0.2) is 4.98 Å². The minimum atomic E-state index is -0.516. The highest BCUT2D eigenvalue weighted by atomic mass is 35.5. The number of amides is 1. The second-order valence-corrected chi connectivity index (χ2v) is 7.36. The van der Waals surface area contributed by atoms with Crippen molar-refractivity contribution < 1.29 is 14.1 Å². The molecule has 4 aromatic rings. The van der Waals surface area contributed by atoms with Gasteiger partial charge in [0.2, 0.25) is 5.89 Å². The fraction of sp³-hybridized carbons (Fsp3) is 0.0476. The van der Waals surface area contributed by atoms with Crippen molar-refractivity contribution in [1.82, 2.24) is 4.98 Å². The quantitative estimate of drug-likeness (QED) is 0.297. The summed E-state index contributed by atoms with van der Waals surface area (Å²) in [5.74, 6) is -0.105. The van der Waals surface area contributed by atoms with Gasteiger partial charge < -0.3 is 9.73 Å². The first kappa shape index (κ1) is 19.9. The molecule has 30 heavy (non-hydrogen) atoms. The van der Waals surface area contributed by atoms with Crippen LogP contribution in [0.5, 0.6) is 0 Å². The molecule has 0 fully saturated rings. The van der Waals surface area contributed by atoms with E-state index < -0.39 is 10.8 Å². The molecule has 0 atom stereocenters. The molecule has 1 N–H and O–H groups in total. The fourth-order valence-corrected chi connectivity index (χ4v) is 3.21. The Kier molecular flexibility index (Phi) is 5.15. The number of hydrogen-bond acceptors (Lipinski definition) is 5. The topological polar surface area (TPSA) is 98.3 Å². The monoisotopic (exact) mass is 441 g/mol. The molecular formula is C21H13Cl2N3O4. The molecule has 1 aromatic heterocycles. The van der Waals surface area contributed by atoms with E-state index in [1.165, 1.54) is 18.2 Å². The number of halogens is 2. The van der Waals surface area contributed by atoms with Gasteiger partial charge in [0, 0.05) is 28.4 Å². The zero-order valence-corrected chi connectivity index (χ0v) is 17.0. The van der Waals surface area contributed by atoms with Gasteiger partial charge >= 0.3 is 0 Å². The van der Waals surface area contributed by atoms with Crippen LogP contribution >= 0.6 is 23.2 Å². The summed E-state index contributed by atoms with van der Waals surface area (Å²) < 4.78 is 5.75. The van der Waals surface area contributed by atoms with Crippen molar-refractivity contribution in [2.24, 2.45) is 0 Å². The van der Waals surface area contributed by atoms with Crippen molar-refractivity contribution in [2.75, 3.05) is 5.32 Å². The van der Waals surface area contributed by atoms with E-state index in [1.807, 2.05) is 0 Å². The normalized spacial score (nSPS) is 10.9. The Morgan fingerprint density at radius 2 is 1.87 bits per heavy atom. The second kappa shape index (κ2) is 7.78. The van der Waals surface area contributed by atoms with Crippen LogP contribution in [0.3, 0.4) is 0 Å². The third-order valence-electron chi connectivity index (χ3n) is 4.48. The summed E-state index contributed by atoms with van der Waals surface area (Å²) in [7, 11) is 0. The number of aromatic nitrogens is 1. The highest BCUT2D eigenvalue weighted by Crippen LogP contribution is 2.31. The zero-order valence-electron chi connectivity index (χ0n) is 15.5. The summed E-state index contributed by atoms with van der Waals surface area (Å²) in [6, 6.07) is 14.4. The number of oxazole rings is 1. The molecule has 7 nitrogen and oxygen atoms in total. The smallest absolute Gasteiger partial charge is 0.273 e. The first-order valence-corrected chi connectivity index (χ1v) is 9.50. The number of carbonyl (C=O) groups is 1. The molecule has 4 rings (SSSR count). The lowest BCUT2D eigenvalue weighted by Crippen LogP contribution is -2.12. The average Bonchev–Trinajstić information content (AvgIpc) is 3.13. The molecule has 1 amide bonds. The third-order valence-corrected chi connectivity index (χ3v) is 5.22. The Balaban J connectivity index is 1.61. The van der Waals surface area contributed by atoms with E-state index in [1.54, 1.807) is 43.3 Å². The van der Waals surface area contributed by atoms with Crippen LogP contribution in [0.4, 0.5) is 11.4 Å². The summed E-state index contributed by atoms with van der Waals surface area (Å²) in [6.07, 6.45) is 0. The molecule has 1 heterocycles. The number of fused-ring (bicyclic) bond motifs is 1. The number of nitro benzene ring substituents is 1. The van der Waals surface area contributed by atoms with Gasteiger partial charge in [-0.3, -0.25) is 14.9 Å². The van der Waals surface area contributed by atoms with Crippen LogP contribution in [0.2, 0.25) is 10.0 Å². The number of benzene rings is 3. The first-order valence-electron chi connectivity index (χ1n) is 8.74. The Bertz CT molecular complexity index is 1320. The summed E-state index contributed by atoms with van der Waals surface area (Å²) in [4.78, 5) is 27.5. The minimum absolute atomic E-state index is 0.110. The van der Waals surface area contributed by atoms with Crippen LogP contribution in [-0.2, 0) is 0 Å². The SMILES string of the molecule is Cc1ccc(C(=O)Nc2ccc3oc(-c4ccc(Cl)c(Cl)c4)nc3c2)cc1[N+](=O)[O-]. The van der Waals surface area contributed by atoms with E-state index in [0.29, 0.717) is 43.9 Å². The lowest BCUT2D eigenvalue weighted by molar-refractivity contribution is -0.385. The highest BCUT2D eigenvalue weighted by molar-refractivity contribution is 6.42. The minimum Gasteiger partial charge on any atom is -0.436 e. The molecule has 0 spiro atoms. The average molecular weight is 442 g/mol. The Hall–Kier alpha value is -3.42. The zero-order chi connectivity index (χ0) is 21.4. The molecular weight excluding hydrogens is 429 g/mol. The third kappa shape index (κ3) is 3.85. The van der Waals surface area contributed by atoms with Gasteiger partial charge in [-0.15, -0.1) is 0 Å². The van der Waals surface area contributed by atoms with Crippen LogP contribution in [0.1, 0.15) is 15.9 Å². The number of nitro groups is 1. The van der Waals surface area contributed by atoms with Crippen molar-refractivity contribution in [1.29, 1.82) is 0 Å². The van der Waals surface area contributed by atoms with E-state index in [2.05, 4.69) is 10.3 Å². The van der Waals surface area contributed by atoms with E-state index in [9.17, 15) is 14.9 Å². The van der Waals surface area contributed by atoms with Gasteiger partial charge in [0.15, 0.2) is 5.58 Å². The van der Waals surface area contributed by atoms with Crippen molar-refractivity contribution in [3.63, 3.8) is 0 Å². The number of aryl methyl sites for hydroxylation is 1. The van der Waals surface area contributed by atoms with Crippen LogP contribution in [0.25, 0.3) is 22.6 Å². The van der Waals surface area contributed by atoms with Gasteiger partial charge in [0.1, 0.15) is 5.52 Å². The van der Waals surface area contributed by atoms with E-state index in [4.69, 9.17) is 27.6 Å². The fourth-order valence-electron chi connectivity index (χ4n) is 2.91. The lowest BCUT2D eigenvalue weighted by atomic mass is 10.1.